The van der Waals surface area contributed by atoms with Crippen LogP contribution in [0.5, 0.6) is 0 Å². The maximum Gasteiger partial charge on any atom is 1.00 e. The molecule has 2 aromatic rings. The maximum atomic E-state index is 10.8. The summed E-state index contributed by atoms with van der Waals surface area (Å²) in [6.45, 7) is 0. The molecule has 15 heteroatoms. The average Bonchev–Trinajstić information content (AvgIpc) is 2.60. The summed E-state index contributed by atoms with van der Waals surface area (Å²) in [5, 5.41) is 37.7. The zero-order chi connectivity index (χ0) is 21.6. The number of carboxylic acids is 4. The molecule has 0 saturated carbocycles. The van der Waals surface area contributed by atoms with Crippen LogP contribution in [0.25, 0.3) is 0 Å². The molecule has 0 spiro atoms. The van der Waals surface area contributed by atoms with Gasteiger partial charge in [-0.25, -0.2) is 18.0 Å². The van der Waals surface area contributed by atoms with E-state index >= 15 is 0 Å². The normalized spacial score (nSPS) is 9.32. The van der Waals surface area contributed by atoms with Crippen molar-refractivity contribution < 1.29 is 141 Å². The van der Waals surface area contributed by atoms with E-state index in [4.69, 9.17) is 10.2 Å². The SMILES string of the molecule is O=C(O)c1cccc(C(=O)O)c1S(=O)(=O)[O-].O=C([O-])c1ccc(C(=O)[O-])cc1.[Na+].[Na+].[Na+]. The Labute approximate surface area is 242 Å². The molecule has 0 radical (unpaired) electrons. The van der Waals surface area contributed by atoms with Gasteiger partial charge in [0, 0.05) is 0 Å². The third-order valence-corrected chi connectivity index (χ3v) is 4.02. The number of carbonyl (C=O) groups is 4. The molecule has 0 aliphatic heterocycles. The fraction of sp³-hybridized carbons (Fsp3) is 0. The Morgan fingerprint density at radius 2 is 0.968 bits per heavy atom. The molecule has 0 amide bonds. The van der Waals surface area contributed by atoms with Gasteiger partial charge in [0.2, 0.25) is 0 Å². The summed E-state index contributed by atoms with van der Waals surface area (Å²) in [7, 11) is -5.17. The minimum absolute atomic E-state index is 0. The van der Waals surface area contributed by atoms with Crippen molar-refractivity contribution in [2.24, 2.45) is 0 Å². The molecule has 0 aliphatic rings. The van der Waals surface area contributed by atoms with Crippen LogP contribution >= 0.6 is 0 Å². The topological polar surface area (TPSA) is 212 Å². The van der Waals surface area contributed by atoms with Gasteiger partial charge in [0.25, 0.3) is 0 Å². The van der Waals surface area contributed by atoms with Gasteiger partial charge in [-0.15, -0.1) is 0 Å². The van der Waals surface area contributed by atoms with Gasteiger partial charge in [0.05, 0.1) is 28.0 Å². The van der Waals surface area contributed by atoms with Gasteiger partial charge in [0.15, 0.2) is 0 Å². The van der Waals surface area contributed by atoms with E-state index in [1.165, 1.54) is 0 Å². The van der Waals surface area contributed by atoms with Crippen LogP contribution in [0.4, 0.5) is 0 Å². The van der Waals surface area contributed by atoms with E-state index in [1.807, 2.05) is 0 Å². The van der Waals surface area contributed by atoms with Crippen molar-refractivity contribution in [3.63, 3.8) is 0 Å². The largest absolute Gasteiger partial charge is 1.00 e. The number of hydrogen-bond donors (Lipinski definition) is 2. The van der Waals surface area contributed by atoms with E-state index in [0.717, 1.165) is 42.5 Å². The molecule has 0 bridgehead atoms. The van der Waals surface area contributed by atoms with Crippen LogP contribution in [-0.4, -0.2) is 47.1 Å². The second kappa shape index (κ2) is 15.1. The summed E-state index contributed by atoms with van der Waals surface area (Å²) in [4.78, 5) is 40.5. The third kappa shape index (κ3) is 10.6. The summed E-state index contributed by atoms with van der Waals surface area (Å²) in [5.74, 6) is -6.03. The van der Waals surface area contributed by atoms with Gasteiger partial charge in [0.1, 0.15) is 10.1 Å². The summed E-state index contributed by atoms with van der Waals surface area (Å²) in [6, 6.07) is 7.35. The molecular weight excluding hydrogens is 469 g/mol. The van der Waals surface area contributed by atoms with Crippen LogP contribution in [0, 0.1) is 0 Å². The minimum Gasteiger partial charge on any atom is -0.744 e. The molecular formula is C16H9Na3O11S. The van der Waals surface area contributed by atoms with E-state index < -0.39 is 50.0 Å². The fourth-order valence-electron chi connectivity index (χ4n) is 1.89. The molecule has 0 aliphatic carbocycles. The standard InChI is InChI=1S/C8H6O7S.C8H6O4.3Na/c9-7(10)4-2-1-3-5(8(11)12)6(4)16(13,14)15;9-7(10)5-1-2-6(4-3-5)8(11)12;;;/h1-3H,(H,9,10)(H,11,12)(H,13,14,15);1-4H,(H,9,10)(H,11,12);;;/q;;3*+1/p-3. The van der Waals surface area contributed by atoms with Crippen LogP contribution in [-0.2, 0) is 10.1 Å². The van der Waals surface area contributed by atoms with Crippen LogP contribution in [0.15, 0.2) is 47.4 Å². The first kappa shape index (κ1) is 34.8. The number of aromatic carboxylic acids is 4. The fourth-order valence-corrected chi connectivity index (χ4v) is 2.73. The smallest absolute Gasteiger partial charge is 0.744 e. The van der Waals surface area contributed by atoms with Crippen molar-refractivity contribution >= 4 is 34.0 Å². The van der Waals surface area contributed by atoms with E-state index in [-0.39, 0.29) is 99.8 Å². The number of rotatable bonds is 5. The second-order valence-corrected chi connectivity index (χ2v) is 6.22. The molecule has 0 aromatic heterocycles. The molecule has 0 saturated heterocycles. The minimum atomic E-state index is -5.17. The Morgan fingerprint density at radius 1 is 0.677 bits per heavy atom. The number of carboxylic acid groups (broad SMARTS) is 4. The predicted molar refractivity (Wildman–Crippen MR) is 83.4 cm³/mol. The van der Waals surface area contributed by atoms with Crippen molar-refractivity contribution in [1.29, 1.82) is 0 Å². The predicted octanol–water partition coefficient (Wildman–Crippen LogP) is -10.6. The monoisotopic (exact) mass is 478 g/mol. The Morgan fingerprint density at radius 3 is 1.16 bits per heavy atom. The van der Waals surface area contributed by atoms with E-state index in [0.29, 0.717) is 0 Å². The van der Waals surface area contributed by atoms with Crippen molar-refractivity contribution in [3.05, 3.63) is 64.7 Å². The number of benzene rings is 2. The second-order valence-electron chi connectivity index (χ2n) is 4.90. The first-order chi connectivity index (χ1) is 12.9. The van der Waals surface area contributed by atoms with Crippen molar-refractivity contribution in [2.45, 2.75) is 4.90 Å². The van der Waals surface area contributed by atoms with Crippen LogP contribution in [0.3, 0.4) is 0 Å². The Kier molecular flexibility index (Phi) is 17.0. The van der Waals surface area contributed by atoms with E-state index in [1.54, 1.807) is 0 Å². The Hall–Kier alpha value is -0.770. The summed E-state index contributed by atoms with van der Waals surface area (Å²) in [5.41, 5.74) is -1.81. The van der Waals surface area contributed by atoms with E-state index in [2.05, 4.69) is 0 Å². The number of carbonyl (C=O) groups excluding carboxylic acids is 2. The molecule has 11 nitrogen and oxygen atoms in total. The van der Waals surface area contributed by atoms with Gasteiger partial charge in [-0.05, 0) is 23.3 Å². The molecule has 2 N–H and O–H groups in total. The average molecular weight is 478 g/mol. The molecule has 0 heterocycles. The zero-order valence-electron chi connectivity index (χ0n) is 16.5. The van der Waals surface area contributed by atoms with Gasteiger partial charge in [-0.2, -0.15) is 0 Å². The molecule has 0 unspecified atom stereocenters. The van der Waals surface area contributed by atoms with Crippen LogP contribution in [0.2, 0.25) is 0 Å². The summed E-state index contributed by atoms with van der Waals surface area (Å²) < 4.78 is 32.4. The van der Waals surface area contributed by atoms with Gasteiger partial charge in [-0.3, -0.25) is 0 Å². The molecule has 0 fully saturated rings. The van der Waals surface area contributed by atoms with Crippen molar-refractivity contribution in [1.82, 2.24) is 0 Å². The molecule has 31 heavy (non-hydrogen) atoms. The zero-order valence-corrected chi connectivity index (χ0v) is 23.3. The van der Waals surface area contributed by atoms with Gasteiger partial charge in [-0.1, -0.05) is 30.3 Å². The first-order valence-corrected chi connectivity index (χ1v) is 8.35. The first-order valence-electron chi connectivity index (χ1n) is 6.94. The molecule has 2 aromatic carbocycles. The van der Waals surface area contributed by atoms with Crippen molar-refractivity contribution in [3.8, 4) is 0 Å². The van der Waals surface area contributed by atoms with Gasteiger partial charge >= 0.3 is 101 Å². The Balaban J connectivity index is -0.000000476. The third-order valence-electron chi connectivity index (χ3n) is 3.08. The van der Waals surface area contributed by atoms with Crippen molar-refractivity contribution in [2.75, 3.05) is 0 Å². The number of hydrogen-bond acceptors (Lipinski definition) is 9. The maximum absolute atomic E-state index is 10.8. The van der Waals surface area contributed by atoms with Crippen LogP contribution in [0.1, 0.15) is 41.4 Å². The molecule has 2 rings (SSSR count). The van der Waals surface area contributed by atoms with Gasteiger partial charge < -0.3 is 34.6 Å². The van der Waals surface area contributed by atoms with Crippen LogP contribution < -0.4 is 98.9 Å². The summed E-state index contributed by atoms with van der Waals surface area (Å²) >= 11 is 0. The Bertz CT molecular complexity index is 986. The molecule has 148 valence electrons. The van der Waals surface area contributed by atoms with E-state index in [9.17, 15) is 42.4 Å². The summed E-state index contributed by atoms with van der Waals surface area (Å²) in [6.07, 6.45) is 0. The quantitative estimate of drug-likeness (QED) is 0.304. The molecule has 0 atom stereocenters.